The molecular weight excluding hydrogens is 290 g/mol. The Hall–Kier alpha value is -2.02. The zero-order valence-corrected chi connectivity index (χ0v) is 12.6. The van der Waals surface area contributed by atoms with Crippen molar-refractivity contribution >= 4 is 29.2 Å². The lowest BCUT2D eigenvalue weighted by atomic mass is 10.1. The third-order valence-corrected chi connectivity index (χ3v) is 4.01. The van der Waals surface area contributed by atoms with Crippen molar-refractivity contribution in [1.82, 2.24) is 14.5 Å². The number of ether oxygens (including phenoxy) is 1. The monoisotopic (exact) mass is 305 g/mol. The van der Waals surface area contributed by atoms with E-state index in [2.05, 4.69) is 9.97 Å². The molecule has 0 unspecified atom stereocenters. The average molecular weight is 305 g/mol. The molecule has 7 heteroatoms. The van der Waals surface area contributed by atoms with Gasteiger partial charge in [-0.15, -0.1) is 0 Å². The van der Waals surface area contributed by atoms with Crippen LogP contribution in [0.2, 0.25) is 0 Å². The lowest BCUT2D eigenvalue weighted by molar-refractivity contribution is 0.0602. The molecule has 0 aliphatic heterocycles. The molecule has 3 rings (SSSR count). The van der Waals surface area contributed by atoms with Gasteiger partial charge in [0.15, 0.2) is 4.77 Å². The lowest BCUT2D eigenvalue weighted by Gasteiger charge is -2.12. The highest BCUT2D eigenvalue weighted by molar-refractivity contribution is 7.71. The minimum Gasteiger partial charge on any atom is -0.465 e. The van der Waals surface area contributed by atoms with Gasteiger partial charge in [-0.3, -0.25) is 9.78 Å². The summed E-state index contributed by atoms with van der Waals surface area (Å²) >= 11 is 5.18. The van der Waals surface area contributed by atoms with E-state index in [1.54, 1.807) is 10.6 Å². The van der Waals surface area contributed by atoms with Gasteiger partial charge < -0.3 is 9.30 Å². The average Bonchev–Trinajstić information content (AvgIpc) is 3.30. The minimum atomic E-state index is -0.533. The van der Waals surface area contributed by atoms with Crippen LogP contribution in [0.15, 0.2) is 10.9 Å². The van der Waals surface area contributed by atoms with Crippen LogP contribution in [-0.2, 0) is 11.3 Å². The van der Waals surface area contributed by atoms with E-state index in [-0.39, 0.29) is 10.9 Å². The summed E-state index contributed by atoms with van der Waals surface area (Å²) in [5, 5.41) is 0.238. The smallest absolute Gasteiger partial charge is 0.338 e. The van der Waals surface area contributed by atoms with Crippen molar-refractivity contribution in [3.63, 3.8) is 0 Å². The van der Waals surface area contributed by atoms with E-state index in [0.29, 0.717) is 22.9 Å². The molecule has 0 radical (unpaired) electrons. The first kappa shape index (κ1) is 13.9. The first-order valence-electron chi connectivity index (χ1n) is 6.83. The zero-order valence-electron chi connectivity index (χ0n) is 11.8. The lowest BCUT2D eigenvalue weighted by Crippen LogP contribution is -2.19. The number of methoxy groups -OCH3 is 1. The van der Waals surface area contributed by atoms with Gasteiger partial charge in [-0.2, -0.15) is 0 Å². The number of hydrogen-bond donors (Lipinski definition) is 1. The first-order chi connectivity index (χ1) is 10.1. The minimum absolute atomic E-state index is 0.238. The quantitative estimate of drug-likeness (QED) is 0.694. The van der Waals surface area contributed by atoms with E-state index in [9.17, 15) is 9.59 Å². The molecule has 1 saturated carbocycles. The van der Waals surface area contributed by atoms with Crippen LogP contribution in [0, 0.1) is 4.77 Å². The van der Waals surface area contributed by atoms with Crippen molar-refractivity contribution in [3.8, 4) is 0 Å². The fourth-order valence-corrected chi connectivity index (χ4v) is 2.75. The number of aromatic amines is 1. The third-order valence-electron chi connectivity index (χ3n) is 3.69. The van der Waals surface area contributed by atoms with Crippen molar-refractivity contribution in [3.05, 3.63) is 32.4 Å². The van der Waals surface area contributed by atoms with Crippen molar-refractivity contribution in [2.75, 3.05) is 7.11 Å². The zero-order chi connectivity index (χ0) is 15.1. The van der Waals surface area contributed by atoms with Gasteiger partial charge in [0, 0.05) is 18.2 Å². The molecule has 0 spiro atoms. The van der Waals surface area contributed by atoms with Crippen LogP contribution in [0.3, 0.4) is 0 Å². The Morgan fingerprint density at radius 1 is 1.57 bits per heavy atom. The molecule has 0 atom stereocenters. The highest BCUT2D eigenvalue weighted by Gasteiger charge is 2.28. The Kier molecular flexibility index (Phi) is 3.36. The molecule has 21 heavy (non-hydrogen) atoms. The van der Waals surface area contributed by atoms with E-state index in [0.717, 1.165) is 18.5 Å². The summed E-state index contributed by atoms with van der Waals surface area (Å²) in [4.78, 5) is 31.4. The number of nitrogens with zero attached hydrogens (tertiary/aromatic N) is 2. The molecule has 6 nitrogen and oxygen atoms in total. The normalized spacial score (nSPS) is 14.4. The maximum absolute atomic E-state index is 12.2. The van der Waals surface area contributed by atoms with Gasteiger partial charge in [-0.1, -0.05) is 0 Å². The maximum Gasteiger partial charge on any atom is 0.338 e. The molecule has 1 fully saturated rings. The van der Waals surface area contributed by atoms with Crippen LogP contribution in [0.25, 0.3) is 11.0 Å². The molecule has 1 N–H and O–H groups in total. The summed E-state index contributed by atoms with van der Waals surface area (Å²) in [6.45, 7) is 2.48. The van der Waals surface area contributed by atoms with Crippen LogP contribution in [-0.4, -0.2) is 27.6 Å². The molecule has 0 amide bonds. The van der Waals surface area contributed by atoms with E-state index >= 15 is 0 Å². The van der Waals surface area contributed by atoms with Crippen LogP contribution < -0.4 is 5.56 Å². The van der Waals surface area contributed by atoms with Gasteiger partial charge in [0.05, 0.1) is 18.1 Å². The second kappa shape index (κ2) is 5.07. The fourth-order valence-electron chi connectivity index (χ4n) is 2.45. The van der Waals surface area contributed by atoms with E-state index in [1.165, 1.54) is 7.11 Å². The number of pyridine rings is 1. The molecule has 2 aromatic rings. The van der Waals surface area contributed by atoms with E-state index in [1.807, 2.05) is 6.92 Å². The summed E-state index contributed by atoms with van der Waals surface area (Å²) in [6, 6.07) is 1.67. The number of nitrogens with one attached hydrogen (secondary N) is 1. The largest absolute Gasteiger partial charge is 0.465 e. The van der Waals surface area contributed by atoms with Gasteiger partial charge in [-0.05, 0) is 38.0 Å². The Labute approximate surface area is 125 Å². The predicted molar refractivity (Wildman–Crippen MR) is 80.2 cm³/mol. The number of hydrogen-bond acceptors (Lipinski definition) is 5. The molecular formula is C14H15N3O3S. The number of fused-ring (bicyclic) bond motifs is 1. The van der Waals surface area contributed by atoms with Gasteiger partial charge in [0.25, 0.3) is 5.56 Å². The van der Waals surface area contributed by atoms with Gasteiger partial charge in [-0.25, -0.2) is 9.78 Å². The Morgan fingerprint density at radius 2 is 2.29 bits per heavy atom. The van der Waals surface area contributed by atoms with Crippen molar-refractivity contribution < 1.29 is 9.53 Å². The van der Waals surface area contributed by atoms with Gasteiger partial charge >= 0.3 is 5.97 Å². The summed E-state index contributed by atoms with van der Waals surface area (Å²) in [7, 11) is 1.30. The summed E-state index contributed by atoms with van der Waals surface area (Å²) in [5.41, 5.74) is 1.12. The molecule has 2 aromatic heterocycles. The highest BCUT2D eigenvalue weighted by atomic mass is 32.1. The number of rotatable bonds is 3. The first-order valence-corrected chi connectivity index (χ1v) is 7.23. The van der Waals surface area contributed by atoms with E-state index < -0.39 is 11.5 Å². The number of carbonyl (C=O) groups excluding carboxylic acids is 1. The van der Waals surface area contributed by atoms with Crippen LogP contribution in [0.5, 0.6) is 0 Å². The molecule has 1 aliphatic rings. The molecule has 0 aromatic carbocycles. The van der Waals surface area contributed by atoms with Crippen LogP contribution in [0.1, 0.15) is 41.7 Å². The van der Waals surface area contributed by atoms with Crippen molar-refractivity contribution in [2.45, 2.75) is 32.2 Å². The maximum atomic E-state index is 12.2. The number of carbonyl (C=O) groups is 1. The standard InChI is InChI=1S/C14H15N3O3S/c1-3-17-11-10(12(18)16-14(17)21)8(13(19)20-2)6-9(15-11)7-4-5-7/h6-7H,3-5H2,1-2H3,(H,16,18,21). The molecule has 110 valence electrons. The van der Waals surface area contributed by atoms with Crippen molar-refractivity contribution in [2.24, 2.45) is 0 Å². The molecule has 1 aliphatic carbocycles. The van der Waals surface area contributed by atoms with Gasteiger partial charge in [0.2, 0.25) is 0 Å². The third kappa shape index (κ3) is 2.27. The highest BCUT2D eigenvalue weighted by Crippen LogP contribution is 2.40. The Balaban J connectivity index is 2.46. The van der Waals surface area contributed by atoms with Crippen LogP contribution in [0.4, 0.5) is 0 Å². The SMILES string of the molecule is CCn1c(=S)[nH]c(=O)c2c(C(=O)OC)cc(C3CC3)nc21. The summed E-state index contributed by atoms with van der Waals surface area (Å²) in [5.74, 6) is -0.175. The fraction of sp³-hybridized carbons (Fsp3) is 0.429. The topological polar surface area (TPSA) is 77.0 Å². The second-order valence-corrected chi connectivity index (χ2v) is 5.45. The van der Waals surface area contributed by atoms with Crippen molar-refractivity contribution in [1.29, 1.82) is 0 Å². The Bertz CT molecular complexity index is 849. The molecule has 0 saturated heterocycles. The predicted octanol–water partition coefficient (Wildman–Crippen LogP) is 2.14. The number of esters is 1. The van der Waals surface area contributed by atoms with Gasteiger partial charge in [0.1, 0.15) is 5.65 Å². The Morgan fingerprint density at radius 3 is 2.86 bits per heavy atom. The second-order valence-electron chi connectivity index (χ2n) is 5.06. The summed E-state index contributed by atoms with van der Waals surface area (Å²) < 4.78 is 6.84. The van der Waals surface area contributed by atoms with Crippen LogP contribution >= 0.6 is 12.2 Å². The van der Waals surface area contributed by atoms with E-state index in [4.69, 9.17) is 17.0 Å². The summed E-state index contributed by atoms with van der Waals surface area (Å²) in [6.07, 6.45) is 2.10. The molecule has 0 bridgehead atoms. The molecule has 2 heterocycles. The number of H-pyrrole nitrogens is 1. The number of aryl methyl sites for hydroxylation is 1. The number of aromatic nitrogens is 3.